The number of carbonyl (C=O) groups is 2. The molecular weight excluding hydrogens is 480 g/mol. The van der Waals surface area contributed by atoms with E-state index in [2.05, 4.69) is 29.7 Å². The number of fused-ring (bicyclic) bond motifs is 1. The molecule has 9 heteroatoms. The zero-order valence-corrected chi connectivity index (χ0v) is 22.2. The van der Waals surface area contributed by atoms with Crippen LogP contribution in [-0.4, -0.2) is 64.0 Å². The summed E-state index contributed by atoms with van der Waals surface area (Å²) in [5.74, 6) is 0.429. The first-order valence-corrected chi connectivity index (χ1v) is 14.0. The van der Waals surface area contributed by atoms with Gasteiger partial charge in [-0.1, -0.05) is 24.6 Å². The molecule has 0 atom stereocenters. The van der Waals surface area contributed by atoms with Gasteiger partial charge in [0, 0.05) is 36.7 Å². The van der Waals surface area contributed by atoms with Crippen LogP contribution < -0.4 is 15.7 Å². The van der Waals surface area contributed by atoms with E-state index in [1.54, 1.807) is 18.3 Å². The molecule has 1 aromatic carbocycles. The number of pyridine rings is 1. The van der Waals surface area contributed by atoms with Gasteiger partial charge in [-0.3, -0.25) is 14.5 Å². The zero-order valence-electron chi connectivity index (χ0n) is 22.2. The number of likely N-dealkylation sites (tertiary alicyclic amines) is 1. The molecule has 3 heterocycles. The van der Waals surface area contributed by atoms with Crippen LogP contribution in [0.4, 0.5) is 0 Å². The number of hydrogen-bond donors (Lipinski definition) is 2. The average molecular weight is 519 g/mol. The Morgan fingerprint density at radius 1 is 1.11 bits per heavy atom. The molecule has 0 bridgehead atoms. The lowest BCUT2D eigenvalue weighted by atomic mass is 9.85. The van der Waals surface area contributed by atoms with Crippen molar-refractivity contribution in [2.45, 2.75) is 57.9 Å². The highest BCUT2D eigenvalue weighted by molar-refractivity contribution is 5.94. The molecule has 2 fully saturated rings. The van der Waals surface area contributed by atoms with Gasteiger partial charge >= 0.3 is 0 Å². The summed E-state index contributed by atoms with van der Waals surface area (Å²) < 4.78 is 8.18. The number of H-pyrrole nitrogens is 1. The molecule has 1 saturated heterocycles. The van der Waals surface area contributed by atoms with Crippen molar-refractivity contribution in [1.29, 1.82) is 0 Å². The third-order valence-electron chi connectivity index (χ3n) is 7.71. The molecule has 2 aromatic heterocycles. The van der Waals surface area contributed by atoms with Crippen LogP contribution in [0.1, 0.15) is 68.3 Å². The van der Waals surface area contributed by atoms with Crippen molar-refractivity contribution in [3.8, 4) is 5.88 Å². The number of benzene rings is 1. The van der Waals surface area contributed by atoms with E-state index in [4.69, 9.17) is 4.74 Å². The van der Waals surface area contributed by atoms with Crippen molar-refractivity contribution in [3.05, 3.63) is 53.8 Å². The van der Waals surface area contributed by atoms with Gasteiger partial charge in [-0.05, 0) is 70.7 Å². The second-order valence-corrected chi connectivity index (χ2v) is 10.3. The van der Waals surface area contributed by atoms with Gasteiger partial charge in [0.25, 0.3) is 5.91 Å². The lowest BCUT2D eigenvalue weighted by Gasteiger charge is -2.29. The predicted molar refractivity (Wildman–Crippen MR) is 146 cm³/mol. The minimum Gasteiger partial charge on any atom is -0.476 e. The molecule has 38 heavy (non-hydrogen) atoms. The van der Waals surface area contributed by atoms with Gasteiger partial charge in [0.1, 0.15) is 6.61 Å². The Kier molecular flexibility index (Phi) is 8.53. The maximum Gasteiger partial charge on any atom is 0.280 e. The molecule has 1 aliphatic carbocycles. The highest BCUT2D eigenvalue weighted by Gasteiger charge is 2.28. The Morgan fingerprint density at radius 3 is 2.61 bits per heavy atom. The van der Waals surface area contributed by atoms with Gasteiger partial charge in [0.2, 0.25) is 17.4 Å². The quantitative estimate of drug-likeness (QED) is 0.472. The lowest BCUT2D eigenvalue weighted by molar-refractivity contribution is -0.126. The number of aromatic nitrogens is 3. The van der Waals surface area contributed by atoms with E-state index in [1.165, 1.54) is 19.3 Å². The van der Waals surface area contributed by atoms with E-state index in [1.807, 2.05) is 31.2 Å². The Bertz CT molecular complexity index is 1300. The minimum atomic E-state index is -0.298. The topological polar surface area (TPSA) is 105 Å². The molecule has 2 N–H and O–H groups in total. The summed E-state index contributed by atoms with van der Waals surface area (Å²) in [6.45, 7) is 6.34. The monoisotopic (exact) mass is 518 g/mol. The fourth-order valence-corrected chi connectivity index (χ4v) is 5.67. The number of piperidine rings is 1. The molecule has 1 aliphatic heterocycles. The van der Waals surface area contributed by atoms with Crippen LogP contribution >= 0.6 is 0 Å². The summed E-state index contributed by atoms with van der Waals surface area (Å²) in [6, 6.07) is 11.2. The third-order valence-corrected chi connectivity index (χ3v) is 7.71. The number of imidazole rings is 1. The molecule has 5 rings (SSSR count). The van der Waals surface area contributed by atoms with E-state index in [0.29, 0.717) is 30.2 Å². The molecule has 0 spiro atoms. The zero-order chi connectivity index (χ0) is 26.3. The van der Waals surface area contributed by atoms with Crippen LogP contribution in [0.2, 0.25) is 0 Å². The summed E-state index contributed by atoms with van der Waals surface area (Å²) >= 11 is 0. The van der Waals surface area contributed by atoms with Crippen molar-refractivity contribution in [2.75, 3.05) is 32.8 Å². The molecule has 1 saturated carbocycles. The number of aromatic amines is 1. The number of carbonyl (C=O) groups excluding carboxylic acids is 2. The van der Waals surface area contributed by atoms with Gasteiger partial charge in [-0.25, -0.2) is 4.98 Å². The lowest BCUT2D eigenvalue weighted by Crippen LogP contribution is -2.35. The summed E-state index contributed by atoms with van der Waals surface area (Å²) in [5.41, 5.74) is 2.76. The number of ether oxygens (including phenoxy) is 1. The van der Waals surface area contributed by atoms with Crippen LogP contribution in [0.25, 0.3) is 11.0 Å². The predicted octanol–water partition coefficient (Wildman–Crippen LogP) is 3.84. The average Bonchev–Trinajstić information content (AvgIpc) is 3.31. The first kappa shape index (κ1) is 26.2. The van der Waals surface area contributed by atoms with E-state index in [0.717, 1.165) is 56.4 Å². The third kappa shape index (κ3) is 6.15. The normalized spacial score (nSPS) is 20.9. The van der Waals surface area contributed by atoms with Crippen molar-refractivity contribution in [2.24, 2.45) is 10.9 Å². The fraction of sp³-hybridized carbons (Fsp3) is 0.517. The Labute approximate surface area is 223 Å². The van der Waals surface area contributed by atoms with Gasteiger partial charge in [0.15, 0.2) is 0 Å². The maximum atomic E-state index is 13.0. The highest BCUT2D eigenvalue weighted by atomic mass is 16.5. The first-order valence-electron chi connectivity index (χ1n) is 14.0. The van der Waals surface area contributed by atoms with E-state index in [9.17, 15) is 9.59 Å². The largest absolute Gasteiger partial charge is 0.476 e. The summed E-state index contributed by atoms with van der Waals surface area (Å²) in [4.78, 5) is 40.2. The van der Waals surface area contributed by atoms with Crippen LogP contribution in [0.3, 0.4) is 0 Å². The molecular formula is C29H38N6O3. The van der Waals surface area contributed by atoms with Gasteiger partial charge in [-0.2, -0.15) is 4.99 Å². The first-order chi connectivity index (χ1) is 18.6. The van der Waals surface area contributed by atoms with Crippen LogP contribution in [0.5, 0.6) is 5.88 Å². The maximum absolute atomic E-state index is 13.0. The second kappa shape index (κ2) is 12.4. The molecule has 9 nitrogen and oxygen atoms in total. The van der Waals surface area contributed by atoms with Crippen LogP contribution in [0, 0.1) is 5.92 Å². The SMILES string of the molecule is CCNC(=O)[C@H]1CC[C@@H](n2/c(=N/C(=O)c3ccccc3)[nH]c3cnc(OCCN4CCCCC4)cc32)CC1. The van der Waals surface area contributed by atoms with Gasteiger partial charge < -0.3 is 19.6 Å². The molecule has 202 valence electrons. The van der Waals surface area contributed by atoms with Crippen molar-refractivity contribution >= 4 is 22.8 Å². The number of rotatable bonds is 8. The summed E-state index contributed by atoms with van der Waals surface area (Å²) in [5, 5.41) is 2.96. The van der Waals surface area contributed by atoms with Crippen molar-refractivity contribution < 1.29 is 14.3 Å². The van der Waals surface area contributed by atoms with E-state index >= 15 is 0 Å². The summed E-state index contributed by atoms with van der Waals surface area (Å²) in [6.07, 6.45) is 8.83. The van der Waals surface area contributed by atoms with Crippen molar-refractivity contribution in [3.63, 3.8) is 0 Å². The smallest absolute Gasteiger partial charge is 0.280 e. The number of nitrogens with one attached hydrogen (secondary N) is 2. The van der Waals surface area contributed by atoms with Gasteiger partial charge in [0.05, 0.1) is 17.2 Å². The van der Waals surface area contributed by atoms with Crippen LogP contribution in [0.15, 0.2) is 47.6 Å². The number of hydrogen-bond acceptors (Lipinski definition) is 5. The van der Waals surface area contributed by atoms with Crippen molar-refractivity contribution in [1.82, 2.24) is 24.8 Å². The van der Waals surface area contributed by atoms with Gasteiger partial charge in [-0.15, -0.1) is 0 Å². The highest BCUT2D eigenvalue weighted by Crippen LogP contribution is 2.33. The molecule has 2 aliphatic rings. The van der Waals surface area contributed by atoms with E-state index in [-0.39, 0.29) is 23.8 Å². The molecule has 3 aromatic rings. The fourth-order valence-electron chi connectivity index (χ4n) is 5.67. The molecule has 2 amide bonds. The van der Waals surface area contributed by atoms with E-state index < -0.39 is 0 Å². The Morgan fingerprint density at radius 2 is 1.87 bits per heavy atom. The molecule has 0 unspecified atom stereocenters. The molecule has 0 radical (unpaired) electrons. The Balaban J connectivity index is 1.41. The second-order valence-electron chi connectivity index (χ2n) is 10.3. The standard InChI is InChI=1S/C29H38N6O3/c1-2-30-27(36)22-11-13-23(14-12-22)35-25-19-26(38-18-17-34-15-7-4-8-16-34)31-20-24(25)32-29(35)33-28(37)21-9-5-3-6-10-21/h3,5-6,9-10,19-20,22-23H,2,4,7-8,11-18H2,1H3,(H,30,36)(H,32,33,37)/t22-,23+. The number of nitrogens with zero attached hydrogens (tertiary/aromatic N) is 4. The van der Waals surface area contributed by atoms with Crippen LogP contribution in [-0.2, 0) is 4.79 Å². The Hall–Kier alpha value is -3.46. The minimum absolute atomic E-state index is 0.0266. The number of amides is 2. The summed E-state index contributed by atoms with van der Waals surface area (Å²) in [7, 11) is 0.